The normalized spacial score (nSPS) is 19.1. The zero-order chi connectivity index (χ0) is 15.4. The molecule has 1 atom stereocenters. The van der Waals surface area contributed by atoms with Gasteiger partial charge in [-0.1, -0.05) is 12.8 Å². The Morgan fingerprint density at radius 3 is 2.30 bits per heavy atom. The molecule has 0 spiro atoms. The Bertz CT molecular complexity index is 369. The minimum absolute atomic E-state index is 0.234. The molecule has 1 unspecified atom stereocenters. The molecule has 0 aliphatic heterocycles. The van der Waals surface area contributed by atoms with E-state index in [4.69, 9.17) is 9.29 Å². The van der Waals surface area contributed by atoms with Crippen LogP contribution in [0, 0.1) is 5.92 Å². The van der Waals surface area contributed by atoms with Crippen molar-refractivity contribution < 1.29 is 35.9 Å². The summed E-state index contributed by atoms with van der Waals surface area (Å²) in [7, 11) is 0. The van der Waals surface area contributed by atoms with Crippen molar-refractivity contribution in [2.45, 2.75) is 49.7 Å². The van der Waals surface area contributed by atoms with Crippen LogP contribution in [0.3, 0.4) is 0 Å². The Morgan fingerprint density at radius 2 is 1.80 bits per heavy atom. The molecule has 1 aliphatic carbocycles. The molecule has 0 aromatic carbocycles. The van der Waals surface area contributed by atoms with Gasteiger partial charge in [-0.2, -0.15) is 17.6 Å². The van der Waals surface area contributed by atoms with Gasteiger partial charge in [-0.3, -0.25) is 4.79 Å². The van der Waals surface area contributed by atoms with E-state index in [1.165, 1.54) is 0 Å². The van der Waals surface area contributed by atoms with Crippen LogP contribution in [-0.2, 0) is 20.6 Å². The summed E-state index contributed by atoms with van der Waals surface area (Å²) in [6.45, 7) is -0.404. The van der Waals surface area contributed by atoms with Crippen LogP contribution in [0.5, 0.6) is 0 Å². The number of alkyl halides is 4. The summed E-state index contributed by atoms with van der Waals surface area (Å²) in [6, 6.07) is 0. The summed E-state index contributed by atoms with van der Waals surface area (Å²) in [6.07, 6.45) is 1.37. The lowest BCUT2D eigenvalue weighted by atomic mass is 10.1. The van der Waals surface area contributed by atoms with Gasteiger partial charge in [0.05, 0.1) is 12.5 Å². The number of ether oxygens (including phenoxy) is 1. The van der Waals surface area contributed by atoms with Gasteiger partial charge in [0.15, 0.2) is 0 Å². The van der Waals surface area contributed by atoms with Crippen LogP contribution >= 0.6 is 0 Å². The Kier molecular flexibility index (Phi) is 5.93. The predicted octanol–water partition coefficient (Wildman–Crippen LogP) is 2.95. The molecule has 1 rings (SSSR count). The van der Waals surface area contributed by atoms with E-state index in [-0.39, 0.29) is 5.92 Å². The van der Waals surface area contributed by atoms with Gasteiger partial charge in [0.2, 0.25) is 11.1 Å². The second kappa shape index (κ2) is 6.84. The fourth-order valence-corrected chi connectivity index (χ4v) is 2.38. The Balaban J connectivity index is 2.32. The number of hydrogen-bond acceptors (Lipinski definition) is 3. The predicted molar refractivity (Wildman–Crippen MR) is 62.8 cm³/mol. The lowest BCUT2D eigenvalue weighted by Gasteiger charge is -2.23. The molecule has 0 aromatic heterocycles. The summed E-state index contributed by atoms with van der Waals surface area (Å²) in [5.41, 5.74) is 0. The van der Waals surface area contributed by atoms with Crippen LogP contribution in [0.2, 0.25) is 0 Å². The third-order valence-electron chi connectivity index (χ3n) is 3.21. The molecule has 0 heterocycles. The minimum atomic E-state index is -5.01. The molecule has 118 valence electrons. The molecule has 0 bridgehead atoms. The first kappa shape index (κ1) is 17.4. The van der Waals surface area contributed by atoms with Gasteiger partial charge in [-0.05, 0) is 19.3 Å². The lowest BCUT2D eigenvalue weighted by Crippen LogP contribution is -2.44. The number of esters is 1. The van der Waals surface area contributed by atoms with Gasteiger partial charge in [0, 0.05) is 6.42 Å². The second-order valence-corrected chi connectivity index (χ2v) is 5.73. The second-order valence-electron chi connectivity index (χ2n) is 4.72. The zero-order valence-electron chi connectivity index (χ0n) is 10.6. The van der Waals surface area contributed by atoms with Crippen LogP contribution in [-0.4, -0.2) is 32.5 Å². The van der Waals surface area contributed by atoms with E-state index in [2.05, 4.69) is 0 Å². The highest BCUT2D eigenvalue weighted by molar-refractivity contribution is 7.80. The van der Waals surface area contributed by atoms with Gasteiger partial charge in [-0.15, -0.1) is 0 Å². The summed E-state index contributed by atoms with van der Waals surface area (Å²) >= 11 is -3.95. The van der Waals surface area contributed by atoms with Crippen LogP contribution in [0.25, 0.3) is 0 Å². The average molecular weight is 320 g/mol. The van der Waals surface area contributed by atoms with E-state index in [9.17, 15) is 26.6 Å². The maximum atomic E-state index is 13.0. The molecule has 9 heteroatoms. The molecule has 1 saturated carbocycles. The third kappa shape index (κ3) is 4.15. The highest BCUT2D eigenvalue weighted by atomic mass is 32.2. The quantitative estimate of drug-likeness (QED) is 0.339. The van der Waals surface area contributed by atoms with Crippen LogP contribution in [0.15, 0.2) is 0 Å². The van der Waals surface area contributed by atoms with Gasteiger partial charge in [-0.25, -0.2) is 4.21 Å². The Hall–Kier alpha value is -0.700. The van der Waals surface area contributed by atoms with E-state index in [0.717, 1.165) is 12.8 Å². The summed E-state index contributed by atoms with van der Waals surface area (Å²) in [4.78, 5) is 11.4. The molecule has 0 amide bonds. The first-order valence-corrected chi connectivity index (χ1v) is 7.32. The zero-order valence-corrected chi connectivity index (χ0v) is 11.4. The first-order valence-electron chi connectivity index (χ1n) is 6.21. The van der Waals surface area contributed by atoms with E-state index in [0.29, 0.717) is 12.8 Å². The van der Waals surface area contributed by atoms with Crippen molar-refractivity contribution >= 4 is 17.0 Å². The highest BCUT2D eigenvalue weighted by Crippen LogP contribution is 2.39. The lowest BCUT2D eigenvalue weighted by molar-refractivity contribution is -0.165. The number of halogens is 4. The third-order valence-corrected chi connectivity index (χ3v) is 3.95. The summed E-state index contributed by atoms with van der Waals surface area (Å²) in [5.74, 6) is -5.35. The number of carbonyl (C=O) groups excluding carboxylic acids is 1. The van der Waals surface area contributed by atoms with Crippen molar-refractivity contribution in [3.63, 3.8) is 0 Å². The molecule has 0 saturated heterocycles. The van der Waals surface area contributed by atoms with Gasteiger partial charge < -0.3 is 9.29 Å². The van der Waals surface area contributed by atoms with Crippen molar-refractivity contribution in [2.24, 2.45) is 5.92 Å². The summed E-state index contributed by atoms with van der Waals surface area (Å²) < 4.78 is 74.6. The monoisotopic (exact) mass is 320 g/mol. The fourth-order valence-electron chi connectivity index (χ4n) is 2.02. The molecule has 20 heavy (non-hydrogen) atoms. The Labute approximate surface area is 116 Å². The first-order chi connectivity index (χ1) is 9.18. The average Bonchev–Trinajstić information content (AvgIpc) is 2.87. The van der Waals surface area contributed by atoms with Crippen LogP contribution < -0.4 is 0 Å². The molecule has 1 aliphatic rings. The van der Waals surface area contributed by atoms with Crippen molar-refractivity contribution in [1.29, 1.82) is 0 Å². The largest absolute Gasteiger partial charge is 0.465 e. The molecular weight excluding hydrogens is 304 g/mol. The van der Waals surface area contributed by atoms with Crippen LogP contribution in [0.4, 0.5) is 17.6 Å². The van der Waals surface area contributed by atoms with Crippen molar-refractivity contribution in [2.75, 3.05) is 6.61 Å². The maximum Gasteiger partial charge on any atom is 0.406 e. The van der Waals surface area contributed by atoms with Crippen LogP contribution in [0.1, 0.15) is 38.5 Å². The minimum Gasteiger partial charge on any atom is -0.465 e. The van der Waals surface area contributed by atoms with Crippen molar-refractivity contribution in [1.82, 2.24) is 0 Å². The number of rotatable bonds is 7. The molecule has 1 N–H and O–H groups in total. The van der Waals surface area contributed by atoms with Crippen molar-refractivity contribution in [3.05, 3.63) is 0 Å². The smallest absolute Gasteiger partial charge is 0.406 e. The molecule has 1 fully saturated rings. The number of hydrogen-bond donors (Lipinski definition) is 1. The van der Waals surface area contributed by atoms with E-state index in [1.54, 1.807) is 0 Å². The topological polar surface area (TPSA) is 63.6 Å². The fraction of sp³-hybridized carbons (Fsp3) is 0.909. The van der Waals surface area contributed by atoms with Gasteiger partial charge in [0.25, 0.3) is 0 Å². The highest BCUT2D eigenvalue weighted by Gasteiger charge is 2.60. The molecular formula is C11H16F4O4S. The van der Waals surface area contributed by atoms with Gasteiger partial charge in [0.1, 0.15) is 0 Å². The summed E-state index contributed by atoms with van der Waals surface area (Å²) in [5, 5.41) is -5.01. The molecule has 4 nitrogen and oxygen atoms in total. The van der Waals surface area contributed by atoms with E-state index in [1.807, 2.05) is 0 Å². The van der Waals surface area contributed by atoms with Gasteiger partial charge >= 0.3 is 17.1 Å². The SMILES string of the molecule is O=C(OCCCC(F)(F)C(F)(F)S(=O)O)C1CCCC1. The molecule has 0 radical (unpaired) electrons. The molecule has 0 aromatic rings. The van der Waals surface area contributed by atoms with E-state index >= 15 is 0 Å². The van der Waals surface area contributed by atoms with Crippen molar-refractivity contribution in [3.8, 4) is 0 Å². The Morgan fingerprint density at radius 1 is 1.25 bits per heavy atom. The standard InChI is InChI=1S/C11H16F4O4S/c12-10(13,11(14,15)20(17)18)6-3-7-19-9(16)8-4-1-2-5-8/h8H,1-7H2,(H,17,18). The maximum absolute atomic E-state index is 13.0. The number of carbonyl (C=O) groups is 1. The van der Waals surface area contributed by atoms with E-state index < -0.39 is 47.7 Å².